The third-order valence-corrected chi connectivity index (χ3v) is 12.0. The number of nitrogens with zero attached hydrogens (tertiary/aromatic N) is 2. The molecular weight excluding hydrogens is 893 g/mol. The molecule has 0 bridgehead atoms. The fraction of sp³-hybridized carbons (Fsp3) is 0.357. The van der Waals surface area contributed by atoms with Gasteiger partial charge in [0, 0.05) is 35.3 Å². The Morgan fingerprint density at radius 1 is 0.429 bits per heavy atom. The van der Waals surface area contributed by atoms with Gasteiger partial charge in [0.1, 0.15) is 28.5 Å². The molecule has 1 atom stereocenters. The van der Waals surface area contributed by atoms with Crippen molar-refractivity contribution in [3.05, 3.63) is 177 Å². The summed E-state index contributed by atoms with van der Waals surface area (Å²) in [5.74, 6) is -3.72. The highest BCUT2D eigenvalue weighted by Crippen LogP contribution is 2.33. The average molecular weight is 957 g/mol. The first-order valence-corrected chi connectivity index (χ1v) is 22.9. The molecule has 0 saturated carbocycles. The van der Waals surface area contributed by atoms with Crippen LogP contribution in [-0.4, -0.2) is 126 Å². The molecule has 0 amide bonds. The van der Waals surface area contributed by atoms with Crippen molar-refractivity contribution < 1.29 is 59.0 Å². The van der Waals surface area contributed by atoms with E-state index < -0.39 is 75.7 Å². The first-order chi connectivity index (χ1) is 32.5. The van der Waals surface area contributed by atoms with Crippen LogP contribution in [0.2, 0.25) is 0 Å². The van der Waals surface area contributed by atoms with Crippen molar-refractivity contribution in [2.75, 3.05) is 27.2 Å². The molecule has 14 heteroatoms. The minimum atomic E-state index is -1.61. The maximum atomic E-state index is 13.9. The van der Waals surface area contributed by atoms with E-state index in [0.29, 0.717) is 28.8 Å². The molecule has 0 heterocycles. The predicted molar refractivity (Wildman–Crippen MR) is 264 cm³/mol. The number of aromatic carboxylic acids is 1. The summed E-state index contributed by atoms with van der Waals surface area (Å²) in [4.78, 5) is 81.6. The Morgan fingerprint density at radius 3 is 0.957 bits per heavy atom. The number of carboxylic acids is 1. The normalized spacial score (nSPS) is 12.9. The summed E-state index contributed by atoms with van der Waals surface area (Å²) in [6, 6.07) is 31.6. The minimum absolute atomic E-state index is 0.0103. The third-order valence-electron chi connectivity index (χ3n) is 12.0. The fourth-order valence-corrected chi connectivity index (χ4v) is 8.14. The van der Waals surface area contributed by atoms with Crippen molar-refractivity contribution in [2.24, 2.45) is 0 Å². The lowest BCUT2D eigenvalue weighted by Gasteiger charge is -2.34. The van der Waals surface area contributed by atoms with Gasteiger partial charge in [0.15, 0.2) is 23.1 Å². The number of benzene rings is 5. The third kappa shape index (κ3) is 13.6. The molecule has 0 radical (unpaired) electrons. The van der Waals surface area contributed by atoms with Crippen molar-refractivity contribution in [3.8, 4) is 0 Å². The molecular formula is C56H64N2O12. The van der Waals surface area contributed by atoms with Gasteiger partial charge in [-0.15, -0.1) is 0 Å². The van der Waals surface area contributed by atoms with E-state index in [1.807, 2.05) is 23.9 Å². The number of likely N-dealkylation sites (N-methyl/N-ethyl adjacent to an activating group) is 1. The van der Waals surface area contributed by atoms with Crippen LogP contribution in [0.25, 0.3) is 0 Å². The molecule has 14 nitrogen and oxygen atoms in total. The Bertz CT molecular complexity index is 2530. The zero-order chi connectivity index (χ0) is 52.1. The second-order valence-electron chi connectivity index (χ2n) is 20.0. The highest BCUT2D eigenvalue weighted by Gasteiger charge is 2.32. The van der Waals surface area contributed by atoms with Gasteiger partial charge in [-0.1, -0.05) is 97.1 Å². The van der Waals surface area contributed by atoms with E-state index in [4.69, 9.17) is 4.74 Å². The topological polar surface area (TPSA) is 219 Å². The van der Waals surface area contributed by atoms with Crippen LogP contribution in [0.5, 0.6) is 0 Å². The predicted octanol–water partition coefficient (Wildman–Crippen LogP) is 7.56. The van der Waals surface area contributed by atoms with E-state index in [-0.39, 0.29) is 24.1 Å². The van der Waals surface area contributed by atoms with Gasteiger partial charge in [-0.25, -0.2) is 9.59 Å². The highest BCUT2D eigenvalue weighted by atomic mass is 16.5. The monoisotopic (exact) mass is 956 g/mol. The number of hydrogen-bond acceptors (Lipinski definition) is 13. The van der Waals surface area contributed by atoms with E-state index in [0.717, 1.165) is 22.3 Å². The zero-order valence-corrected chi connectivity index (χ0v) is 41.4. The zero-order valence-electron chi connectivity index (χ0n) is 41.4. The number of carboxylic acid groups (broad SMARTS) is 1. The van der Waals surface area contributed by atoms with Crippen molar-refractivity contribution in [1.82, 2.24) is 9.80 Å². The summed E-state index contributed by atoms with van der Waals surface area (Å²) >= 11 is 0. The Labute approximate surface area is 409 Å². The van der Waals surface area contributed by atoms with Crippen LogP contribution >= 0.6 is 0 Å². The summed E-state index contributed by atoms with van der Waals surface area (Å²) in [6.45, 7) is 11.7. The smallest absolute Gasteiger partial charge is 0.338 e. The van der Waals surface area contributed by atoms with Gasteiger partial charge in [0.25, 0.3) is 0 Å². The molecule has 5 rings (SSSR count). The molecule has 0 saturated heterocycles. The van der Waals surface area contributed by atoms with Gasteiger partial charge in [0.05, 0.1) is 23.2 Å². The van der Waals surface area contributed by atoms with E-state index >= 15 is 0 Å². The number of ether oxygens (including phenoxy) is 1. The maximum Gasteiger partial charge on any atom is 0.338 e. The minimum Gasteiger partial charge on any atom is -0.478 e. The van der Waals surface area contributed by atoms with Gasteiger partial charge >= 0.3 is 11.9 Å². The van der Waals surface area contributed by atoms with Gasteiger partial charge in [-0.05, 0) is 122 Å². The van der Waals surface area contributed by atoms with Gasteiger partial charge in [0.2, 0.25) is 0 Å². The van der Waals surface area contributed by atoms with Crippen molar-refractivity contribution in [3.63, 3.8) is 0 Å². The maximum absolute atomic E-state index is 13.9. The Hall–Kier alpha value is -6.52. The molecule has 0 spiro atoms. The number of Topliss-reactive ketones (excluding diaryl/α,β-unsaturated/α-hetero) is 4. The molecule has 0 aromatic heterocycles. The summed E-state index contributed by atoms with van der Waals surface area (Å²) in [6.07, 6.45) is -0.584. The molecule has 0 aliphatic rings. The van der Waals surface area contributed by atoms with Crippen molar-refractivity contribution in [1.29, 1.82) is 0 Å². The first kappa shape index (κ1) is 54.4. The Balaban J connectivity index is 1.55. The fourth-order valence-electron chi connectivity index (χ4n) is 8.14. The molecule has 0 aliphatic heterocycles. The van der Waals surface area contributed by atoms with E-state index in [1.165, 1.54) is 79.7 Å². The lowest BCUT2D eigenvalue weighted by Crippen LogP contribution is -2.38. The van der Waals surface area contributed by atoms with Crippen LogP contribution in [0.15, 0.2) is 121 Å². The summed E-state index contributed by atoms with van der Waals surface area (Å²) in [5, 5.41) is 51.3. The molecule has 0 fully saturated rings. The van der Waals surface area contributed by atoms with E-state index in [2.05, 4.69) is 0 Å². The summed E-state index contributed by atoms with van der Waals surface area (Å²) < 4.78 is 6.27. The van der Waals surface area contributed by atoms with Crippen LogP contribution in [0.3, 0.4) is 0 Å². The second kappa shape index (κ2) is 21.6. The number of ketones is 4. The van der Waals surface area contributed by atoms with Gasteiger partial charge in [-0.3, -0.25) is 29.0 Å². The number of hydrogen-bond donors (Lipinski definition) is 5. The largest absolute Gasteiger partial charge is 0.478 e. The lowest BCUT2D eigenvalue weighted by molar-refractivity contribution is 0.0148. The molecule has 5 N–H and O–H groups in total. The van der Waals surface area contributed by atoms with Crippen LogP contribution in [0, 0.1) is 0 Å². The average Bonchev–Trinajstić information content (AvgIpc) is 3.29. The molecule has 70 heavy (non-hydrogen) atoms. The Kier molecular flexibility index (Phi) is 16.8. The Morgan fingerprint density at radius 2 is 0.686 bits per heavy atom. The quantitative estimate of drug-likeness (QED) is 0.0334. The van der Waals surface area contributed by atoms with E-state index in [9.17, 15) is 54.3 Å². The van der Waals surface area contributed by atoms with Crippen LogP contribution < -0.4 is 0 Å². The molecule has 1 unspecified atom stereocenters. The molecule has 5 aromatic carbocycles. The lowest BCUT2D eigenvalue weighted by atomic mass is 9.90. The number of carbonyl (C=O) groups excluding carboxylic acids is 5. The molecule has 370 valence electrons. The number of aliphatic hydroxyl groups is 4. The molecule has 5 aromatic rings. The highest BCUT2D eigenvalue weighted by molar-refractivity contribution is 6.03. The summed E-state index contributed by atoms with van der Waals surface area (Å²) in [5.41, 5.74) is -2.15. The SMILES string of the molecule is CN(CCC(CN(C)C(c1ccc(C(=O)C(C)(C)O)cc1)c1ccc(C(=O)C(C)(C)O)cc1)OC(=O)c1ccc(C(=O)O)cc1)C(c1ccc(C(=O)C(C)(C)O)cc1)c1ccc(C(=O)C(C)(C)O)cc1. The van der Waals surface area contributed by atoms with Crippen molar-refractivity contribution in [2.45, 2.75) is 102 Å². The van der Waals surface area contributed by atoms with Crippen LogP contribution in [0.1, 0.15) is 158 Å². The number of carbonyl (C=O) groups is 6. The molecule has 0 aliphatic carbocycles. The van der Waals surface area contributed by atoms with Crippen LogP contribution in [-0.2, 0) is 4.74 Å². The van der Waals surface area contributed by atoms with E-state index in [1.54, 1.807) is 97.1 Å². The van der Waals surface area contributed by atoms with Gasteiger partial charge in [-0.2, -0.15) is 0 Å². The second-order valence-corrected chi connectivity index (χ2v) is 20.0. The number of rotatable bonds is 22. The van der Waals surface area contributed by atoms with Crippen LogP contribution in [0.4, 0.5) is 0 Å². The number of esters is 1. The van der Waals surface area contributed by atoms with Gasteiger partial charge < -0.3 is 30.3 Å². The van der Waals surface area contributed by atoms with Crippen molar-refractivity contribution >= 4 is 35.1 Å². The standard InChI is InChI=1S/C56H64N2O12/c1-53(2,66)47(59)38-19-11-34(12-20-38)45(35-13-21-39(22-14-35)48(60)54(3,4)67)57(9)32-31-44(70-52(65)43-29-27-42(28-30-43)51(63)64)33-58(10)46(36-15-23-40(24-16-36)49(61)55(5,6)68)37-17-25-41(26-18-37)50(62)56(7,8)69/h11-30,44-46,66-69H,31-33H2,1-10H3,(H,63,64). The first-order valence-electron chi connectivity index (χ1n) is 22.9. The summed E-state index contributed by atoms with van der Waals surface area (Å²) in [7, 11) is 3.71.